The minimum atomic E-state index is 0.0248. The SMILES string of the molecule is c1ccc(N(c2ccccc2)c2cc(B3c4ccccc4-c4ccccc43)c3ccc4c(B5c6ccccc6-c6ccccc65)cc(N(c5ccccc5)c5ccccc5)c5ccc2c3c45)cc1. The molecule has 12 aromatic carbocycles. The molecule has 68 heavy (non-hydrogen) atoms. The van der Waals surface area contributed by atoms with E-state index < -0.39 is 0 Å². The molecule has 2 aliphatic rings. The van der Waals surface area contributed by atoms with Crippen molar-refractivity contribution in [3.05, 3.63) is 255 Å². The van der Waals surface area contributed by atoms with Crippen LogP contribution in [0.4, 0.5) is 34.1 Å². The molecule has 4 heteroatoms. The van der Waals surface area contributed by atoms with Crippen molar-refractivity contribution in [1.29, 1.82) is 0 Å². The number of rotatable bonds is 8. The molecule has 0 aliphatic carbocycles. The van der Waals surface area contributed by atoms with Gasteiger partial charge in [0.05, 0.1) is 11.4 Å². The van der Waals surface area contributed by atoms with Gasteiger partial charge in [-0.25, -0.2) is 0 Å². The molecular weight excluding hydrogens is 818 g/mol. The van der Waals surface area contributed by atoms with Gasteiger partial charge in [0.25, 0.3) is 0 Å². The highest BCUT2D eigenvalue weighted by atomic mass is 15.1. The molecule has 0 fully saturated rings. The van der Waals surface area contributed by atoms with Crippen molar-refractivity contribution in [1.82, 2.24) is 0 Å². The zero-order valence-electron chi connectivity index (χ0n) is 37.3. The van der Waals surface area contributed by atoms with E-state index in [9.17, 15) is 0 Å². The van der Waals surface area contributed by atoms with Crippen molar-refractivity contribution in [2.45, 2.75) is 0 Å². The summed E-state index contributed by atoms with van der Waals surface area (Å²) in [6.45, 7) is 0.0496. The van der Waals surface area contributed by atoms with E-state index in [2.05, 4.69) is 265 Å². The van der Waals surface area contributed by atoms with Crippen LogP contribution in [0.3, 0.4) is 0 Å². The molecule has 0 saturated carbocycles. The summed E-state index contributed by atoms with van der Waals surface area (Å²) >= 11 is 0. The first-order valence-corrected chi connectivity index (χ1v) is 23.8. The molecule has 0 saturated heterocycles. The lowest BCUT2D eigenvalue weighted by Crippen LogP contribution is -2.50. The largest absolute Gasteiger partial charge is 0.310 e. The van der Waals surface area contributed by atoms with Crippen molar-refractivity contribution in [3.8, 4) is 22.3 Å². The van der Waals surface area contributed by atoms with Crippen LogP contribution in [-0.2, 0) is 0 Å². The summed E-state index contributed by atoms with van der Waals surface area (Å²) < 4.78 is 0. The molecule has 12 aromatic rings. The van der Waals surface area contributed by atoms with Crippen molar-refractivity contribution >= 4 is 113 Å². The maximum Gasteiger partial charge on any atom is 0.243 e. The molecule has 0 N–H and O–H groups in total. The van der Waals surface area contributed by atoms with E-state index in [1.165, 1.54) is 87.3 Å². The maximum atomic E-state index is 2.52. The number of fused-ring (bicyclic) bond motifs is 6. The second-order valence-corrected chi connectivity index (χ2v) is 18.3. The van der Waals surface area contributed by atoms with Crippen molar-refractivity contribution < 1.29 is 0 Å². The molecule has 0 unspecified atom stereocenters. The van der Waals surface area contributed by atoms with Gasteiger partial charge in [0.15, 0.2) is 0 Å². The fraction of sp³-hybridized carbons (Fsp3) is 0. The van der Waals surface area contributed by atoms with Crippen LogP contribution in [0, 0.1) is 0 Å². The van der Waals surface area contributed by atoms with Gasteiger partial charge in [-0.1, -0.05) is 227 Å². The van der Waals surface area contributed by atoms with Crippen LogP contribution in [-0.4, -0.2) is 13.4 Å². The van der Waals surface area contributed by atoms with Gasteiger partial charge in [0.2, 0.25) is 13.4 Å². The number of hydrogen-bond donors (Lipinski definition) is 0. The molecule has 0 aromatic heterocycles. The zero-order valence-corrected chi connectivity index (χ0v) is 37.3. The number of hydrogen-bond acceptors (Lipinski definition) is 2. The molecule has 0 atom stereocenters. The zero-order chi connectivity index (χ0) is 44.7. The van der Waals surface area contributed by atoms with Gasteiger partial charge in [-0.15, -0.1) is 0 Å². The maximum absolute atomic E-state index is 2.52. The van der Waals surface area contributed by atoms with Gasteiger partial charge < -0.3 is 9.80 Å². The molecule has 2 nitrogen and oxygen atoms in total. The average Bonchev–Trinajstić information content (AvgIpc) is 3.93. The van der Waals surface area contributed by atoms with E-state index in [1.807, 2.05) is 0 Å². The fourth-order valence-corrected chi connectivity index (χ4v) is 12.0. The number of benzene rings is 12. The van der Waals surface area contributed by atoms with Crippen LogP contribution in [0.15, 0.2) is 255 Å². The molecule has 314 valence electrons. The number of anilines is 6. The van der Waals surface area contributed by atoms with E-state index >= 15 is 0 Å². The molecule has 0 amide bonds. The predicted molar refractivity (Wildman–Crippen MR) is 293 cm³/mol. The lowest BCUT2D eigenvalue weighted by Gasteiger charge is -2.32. The summed E-state index contributed by atoms with van der Waals surface area (Å²) in [7, 11) is 0. The molecule has 0 bridgehead atoms. The standard InChI is InChI=1S/C64H42B2N2/c1-5-21-43(22-6-1)67(44-23-7-2-8-24-44)61-41-59(65-55-33-17-13-29-47(55)48-30-14-18-34-56(48)65)51-37-38-52-60(66-57-35-19-15-31-49(57)50-32-16-20-36-58(50)66)42-62(54-40-39-53(61)63(51)64(52)54)68(45-25-9-3-10-26-45)46-27-11-4-12-28-46/h1-42H. The van der Waals surface area contributed by atoms with Crippen LogP contribution in [0.1, 0.15) is 0 Å². The Bertz CT molecular complexity index is 3380. The average molecular weight is 861 g/mol. The third-order valence-electron chi connectivity index (χ3n) is 14.7. The number of para-hydroxylation sites is 4. The highest BCUT2D eigenvalue weighted by Crippen LogP contribution is 2.47. The molecule has 0 spiro atoms. The second-order valence-electron chi connectivity index (χ2n) is 18.3. The Balaban J connectivity index is 1.17. The van der Waals surface area contributed by atoms with Crippen LogP contribution >= 0.6 is 0 Å². The third-order valence-corrected chi connectivity index (χ3v) is 14.7. The summed E-state index contributed by atoms with van der Waals surface area (Å²) in [5, 5.41) is 7.57. The first-order valence-electron chi connectivity index (χ1n) is 23.8. The second kappa shape index (κ2) is 15.5. The Morgan fingerprint density at radius 2 is 0.471 bits per heavy atom. The fourth-order valence-electron chi connectivity index (χ4n) is 12.0. The molecular formula is C64H42B2N2. The highest BCUT2D eigenvalue weighted by molar-refractivity contribution is 7.01. The van der Waals surface area contributed by atoms with Gasteiger partial charge in [0, 0.05) is 33.5 Å². The van der Waals surface area contributed by atoms with Crippen LogP contribution in [0.5, 0.6) is 0 Å². The smallest absolute Gasteiger partial charge is 0.243 e. The Morgan fingerprint density at radius 3 is 0.765 bits per heavy atom. The summed E-state index contributed by atoms with van der Waals surface area (Å²) in [6, 6.07) is 94.7. The van der Waals surface area contributed by atoms with Crippen molar-refractivity contribution in [2.24, 2.45) is 0 Å². The first kappa shape index (κ1) is 38.7. The Kier molecular flexibility index (Phi) is 8.82. The normalized spacial score (nSPS) is 12.4. The quantitative estimate of drug-likeness (QED) is 0.111. The van der Waals surface area contributed by atoms with E-state index in [1.54, 1.807) is 0 Å². The molecule has 14 rings (SSSR count). The van der Waals surface area contributed by atoms with Gasteiger partial charge >= 0.3 is 0 Å². The molecule has 2 aliphatic heterocycles. The van der Waals surface area contributed by atoms with Gasteiger partial charge in [-0.2, -0.15) is 0 Å². The van der Waals surface area contributed by atoms with Crippen molar-refractivity contribution in [3.63, 3.8) is 0 Å². The van der Waals surface area contributed by atoms with Crippen LogP contribution in [0.25, 0.3) is 54.6 Å². The van der Waals surface area contributed by atoms with Crippen molar-refractivity contribution in [2.75, 3.05) is 9.80 Å². The first-order chi connectivity index (χ1) is 33.8. The van der Waals surface area contributed by atoms with Crippen LogP contribution < -0.4 is 42.6 Å². The molecule has 0 radical (unpaired) electrons. The number of nitrogens with zero attached hydrogens (tertiary/aromatic N) is 2. The van der Waals surface area contributed by atoms with E-state index in [-0.39, 0.29) is 13.4 Å². The summed E-state index contributed by atoms with van der Waals surface area (Å²) in [6.07, 6.45) is 0. The summed E-state index contributed by atoms with van der Waals surface area (Å²) in [5.41, 5.74) is 20.0. The van der Waals surface area contributed by atoms with Gasteiger partial charge in [0.1, 0.15) is 0 Å². The topological polar surface area (TPSA) is 6.48 Å². The van der Waals surface area contributed by atoms with E-state index in [0.717, 1.165) is 34.1 Å². The van der Waals surface area contributed by atoms with Crippen LogP contribution in [0.2, 0.25) is 0 Å². The van der Waals surface area contributed by atoms with E-state index in [4.69, 9.17) is 0 Å². The predicted octanol–water partition coefficient (Wildman–Crippen LogP) is 12.5. The Morgan fingerprint density at radius 1 is 0.221 bits per heavy atom. The Hall–Kier alpha value is -8.59. The Labute approximate surface area is 397 Å². The minimum absolute atomic E-state index is 0.0248. The summed E-state index contributed by atoms with van der Waals surface area (Å²) in [5.74, 6) is 0. The molecule has 2 heterocycles. The lowest BCUT2D eigenvalue weighted by atomic mass is 9.37. The highest BCUT2D eigenvalue weighted by Gasteiger charge is 2.38. The summed E-state index contributed by atoms with van der Waals surface area (Å²) in [4.78, 5) is 4.96. The lowest BCUT2D eigenvalue weighted by molar-refractivity contribution is 1.30. The van der Waals surface area contributed by atoms with E-state index in [0.29, 0.717) is 0 Å². The van der Waals surface area contributed by atoms with Gasteiger partial charge in [-0.3, -0.25) is 0 Å². The monoisotopic (exact) mass is 860 g/mol. The third kappa shape index (κ3) is 5.80. The van der Waals surface area contributed by atoms with Gasteiger partial charge in [-0.05, 0) is 104 Å². The minimum Gasteiger partial charge on any atom is -0.310 e.